The summed E-state index contributed by atoms with van der Waals surface area (Å²) in [5.41, 5.74) is 3.81. The highest BCUT2D eigenvalue weighted by Gasteiger charge is 2.39. The van der Waals surface area contributed by atoms with Crippen LogP contribution in [0.2, 0.25) is 0 Å². The van der Waals surface area contributed by atoms with Gasteiger partial charge in [0.25, 0.3) is 5.91 Å². The molecule has 5 rings (SSSR count). The van der Waals surface area contributed by atoms with Crippen LogP contribution in [0.25, 0.3) is 0 Å². The number of hydrogen-bond donors (Lipinski definition) is 2. The maximum Gasteiger partial charge on any atom is 0.270 e. The van der Waals surface area contributed by atoms with Crippen LogP contribution in [-0.2, 0) is 11.2 Å². The Hall–Kier alpha value is -3.85. The Labute approximate surface area is 218 Å². The van der Waals surface area contributed by atoms with Crippen molar-refractivity contribution < 1.29 is 9.53 Å². The number of carbonyl (C=O) groups excluding carboxylic acids is 1. The molecule has 0 bridgehead atoms. The first-order valence-corrected chi connectivity index (χ1v) is 12.8. The van der Waals surface area contributed by atoms with Crippen LogP contribution in [0.5, 0.6) is 5.75 Å². The Morgan fingerprint density at radius 1 is 0.973 bits per heavy atom. The number of nitrogens with one attached hydrogen (secondary N) is 2. The Balaban J connectivity index is 1.32. The molecule has 9 heteroatoms. The van der Waals surface area contributed by atoms with Crippen LogP contribution in [0.15, 0.2) is 48.7 Å². The fourth-order valence-corrected chi connectivity index (χ4v) is 4.70. The molecule has 0 aliphatic carbocycles. The zero-order valence-electron chi connectivity index (χ0n) is 22.2. The maximum atomic E-state index is 12.7. The molecule has 0 atom stereocenters. The number of rotatable bonds is 6. The number of hydrogen-bond acceptors (Lipinski definition) is 8. The Morgan fingerprint density at radius 2 is 1.68 bits per heavy atom. The molecule has 194 valence electrons. The van der Waals surface area contributed by atoms with E-state index in [1.807, 2.05) is 24.4 Å². The summed E-state index contributed by atoms with van der Waals surface area (Å²) in [4.78, 5) is 28.4. The third-order valence-electron chi connectivity index (χ3n) is 7.01. The highest BCUT2D eigenvalue weighted by atomic mass is 16.5. The zero-order chi connectivity index (χ0) is 26.2. The molecule has 1 amide bonds. The van der Waals surface area contributed by atoms with Gasteiger partial charge >= 0.3 is 0 Å². The van der Waals surface area contributed by atoms with E-state index in [2.05, 4.69) is 63.7 Å². The standard InChI is InChI=1S/C28H35N7O2/c1-6-19-18-29-27(31-20-7-10-22(11-8-20)35-15-13-33(4)14-16-35)32-25(19)30-21-9-12-24-23(17-21)34(5)26(36)28(2,3)37-24/h7-12,17-18H,6,13-16H2,1-5H3,(H2,29,30,31,32). The second-order valence-corrected chi connectivity index (χ2v) is 10.2. The van der Waals surface area contributed by atoms with Gasteiger partial charge < -0.3 is 30.1 Å². The minimum Gasteiger partial charge on any atom is -0.476 e. The minimum absolute atomic E-state index is 0.0847. The number of aryl methyl sites for hydroxylation is 1. The van der Waals surface area contributed by atoms with Crippen molar-refractivity contribution in [3.05, 3.63) is 54.2 Å². The monoisotopic (exact) mass is 501 g/mol. The van der Waals surface area contributed by atoms with Crippen LogP contribution in [0.1, 0.15) is 26.3 Å². The lowest BCUT2D eigenvalue weighted by Crippen LogP contribution is -2.50. The van der Waals surface area contributed by atoms with E-state index < -0.39 is 5.60 Å². The zero-order valence-corrected chi connectivity index (χ0v) is 22.2. The van der Waals surface area contributed by atoms with Gasteiger partial charge in [0.15, 0.2) is 5.60 Å². The summed E-state index contributed by atoms with van der Waals surface area (Å²) in [6.07, 6.45) is 2.62. The Morgan fingerprint density at radius 3 is 2.38 bits per heavy atom. The molecule has 0 radical (unpaired) electrons. The molecule has 1 saturated heterocycles. The van der Waals surface area contributed by atoms with Gasteiger partial charge in [0.2, 0.25) is 5.95 Å². The minimum atomic E-state index is -0.887. The first kappa shape index (κ1) is 24.8. The summed E-state index contributed by atoms with van der Waals surface area (Å²) in [5, 5.41) is 6.74. The third-order valence-corrected chi connectivity index (χ3v) is 7.01. The quantitative estimate of drug-likeness (QED) is 0.514. The molecule has 1 aromatic heterocycles. The molecule has 3 aromatic rings. The summed E-state index contributed by atoms with van der Waals surface area (Å²) < 4.78 is 5.93. The number of carbonyl (C=O) groups is 1. The highest BCUT2D eigenvalue weighted by molar-refractivity contribution is 6.02. The summed E-state index contributed by atoms with van der Waals surface area (Å²) >= 11 is 0. The normalized spacial score (nSPS) is 17.3. The van der Waals surface area contributed by atoms with Gasteiger partial charge in [-0.15, -0.1) is 0 Å². The fraction of sp³-hybridized carbons (Fsp3) is 0.393. The molecule has 3 heterocycles. The number of piperazine rings is 1. The van der Waals surface area contributed by atoms with E-state index in [-0.39, 0.29) is 5.91 Å². The number of likely N-dealkylation sites (N-methyl/N-ethyl adjacent to an activating group) is 2. The maximum absolute atomic E-state index is 12.7. The first-order chi connectivity index (χ1) is 17.7. The Bertz CT molecular complexity index is 1280. The van der Waals surface area contributed by atoms with Gasteiger partial charge in [-0.3, -0.25) is 4.79 Å². The van der Waals surface area contributed by atoms with Crippen molar-refractivity contribution in [1.82, 2.24) is 14.9 Å². The molecule has 37 heavy (non-hydrogen) atoms. The van der Waals surface area contributed by atoms with Crippen LogP contribution in [-0.4, -0.2) is 66.7 Å². The lowest BCUT2D eigenvalue weighted by Gasteiger charge is -2.37. The average Bonchev–Trinajstić information content (AvgIpc) is 2.89. The van der Waals surface area contributed by atoms with Crippen LogP contribution in [0.4, 0.5) is 34.5 Å². The van der Waals surface area contributed by atoms with E-state index in [4.69, 9.17) is 9.72 Å². The SMILES string of the molecule is CCc1cnc(Nc2ccc(N3CCN(C)CC3)cc2)nc1Nc1ccc2c(c1)N(C)C(=O)C(C)(C)O2. The molecule has 0 spiro atoms. The van der Waals surface area contributed by atoms with Crippen molar-refractivity contribution in [3.8, 4) is 5.75 Å². The van der Waals surface area contributed by atoms with Crippen molar-refractivity contribution in [1.29, 1.82) is 0 Å². The lowest BCUT2D eigenvalue weighted by atomic mass is 10.0. The van der Waals surface area contributed by atoms with E-state index in [9.17, 15) is 4.79 Å². The molecule has 2 aliphatic rings. The largest absolute Gasteiger partial charge is 0.476 e. The van der Waals surface area contributed by atoms with Crippen molar-refractivity contribution in [2.45, 2.75) is 32.8 Å². The van der Waals surface area contributed by atoms with Gasteiger partial charge in [0, 0.05) is 62.0 Å². The van der Waals surface area contributed by atoms with Gasteiger partial charge in [-0.05, 0) is 69.8 Å². The van der Waals surface area contributed by atoms with Gasteiger partial charge in [-0.1, -0.05) is 6.92 Å². The van der Waals surface area contributed by atoms with Crippen LogP contribution in [0, 0.1) is 0 Å². The summed E-state index contributed by atoms with van der Waals surface area (Å²) in [7, 11) is 3.94. The van der Waals surface area contributed by atoms with Crippen LogP contribution < -0.4 is 25.2 Å². The number of aromatic nitrogens is 2. The number of anilines is 6. The number of benzene rings is 2. The molecule has 2 N–H and O–H groups in total. The molecule has 0 saturated carbocycles. The molecule has 2 aromatic carbocycles. The molecular weight excluding hydrogens is 466 g/mol. The van der Waals surface area contributed by atoms with Crippen LogP contribution >= 0.6 is 0 Å². The Kier molecular flexibility index (Phi) is 6.64. The second-order valence-electron chi connectivity index (χ2n) is 10.2. The van der Waals surface area contributed by atoms with Crippen molar-refractivity contribution >= 4 is 40.4 Å². The third kappa shape index (κ3) is 5.17. The van der Waals surface area contributed by atoms with Crippen molar-refractivity contribution in [3.63, 3.8) is 0 Å². The molecule has 9 nitrogen and oxygen atoms in total. The molecule has 0 unspecified atom stereocenters. The molecule has 1 fully saturated rings. The molecular formula is C28H35N7O2. The van der Waals surface area contributed by atoms with Gasteiger partial charge in [-0.25, -0.2) is 4.98 Å². The van der Waals surface area contributed by atoms with E-state index in [0.717, 1.165) is 61.0 Å². The predicted molar refractivity (Wildman–Crippen MR) is 149 cm³/mol. The molecule has 2 aliphatic heterocycles. The van der Waals surface area contributed by atoms with Gasteiger partial charge in [0.05, 0.1) is 5.69 Å². The summed E-state index contributed by atoms with van der Waals surface area (Å²) in [5.74, 6) is 1.83. The van der Waals surface area contributed by atoms with E-state index >= 15 is 0 Å². The van der Waals surface area contributed by atoms with E-state index in [0.29, 0.717) is 11.7 Å². The topological polar surface area (TPSA) is 85.9 Å². The van der Waals surface area contributed by atoms with Gasteiger partial charge in [0.1, 0.15) is 11.6 Å². The second kappa shape index (κ2) is 9.89. The van der Waals surface area contributed by atoms with E-state index in [1.54, 1.807) is 25.8 Å². The van der Waals surface area contributed by atoms with Crippen LogP contribution in [0.3, 0.4) is 0 Å². The first-order valence-electron chi connectivity index (χ1n) is 12.8. The predicted octanol–water partition coefficient (Wildman–Crippen LogP) is 4.41. The van der Waals surface area contributed by atoms with Gasteiger partial charge in [-0.2, -0.15) is 4.98 Å². The number of ether oxygens (including phenoxy) is 1. The number of fused-ring (bicyclic) bond motifs is 1. The average molecular weight is 502 g/mol. The van der Waals surface area contributed by atoms with Crippen molar-refractivity contribution in [2.75, 3.05) is 60.7 Å². The van der Waals surface area contributed by atoms with Crippen molar-refractivity contribution in [2.24, 2.45) is 0 Å². The lowest BCUT2D eigenvalue weighted by molar-refractivity contribution is -0.132. The smallest absolute Gasteiger partial charge is 0.270 e. The van der Waals surface area contributed by atoms with E-state index in [1.165, 1.54) is 5.69 Å². The number of nitrogens with zero attached hydrogens (tertiary/aromatic N) is 5. The highest BCUT2D eigenvalue weighted by Crippen LogP contribution is 2.39. The summed E-state index contributed by atoms with van der Waals surface area (Å²) in [6, 6.07) is 14.1. The summed E-state index contributed by atoms with van der Waals surface area (Å²) in [6.45, 7) is 9.87. The fourth-order valence-electron chi connectivity index (χ4n) is 4.70. The number of amides is 1.